The molecule has 0 saturated carbocycles. The third-order valence-corrected chi connectivity index (χ3v) is 0.258. The van der Waals surface area contributed by atoms with Crippen LogP contribution in [0.4, 0.5) is 0 Å². The average Bonchev–Trinajstić information content (AvgIpc) is 1.73. The van der Waals surface area contributed by atoms with E-state index in [0.717, 1.165) is 7.11 Å². The summed E-state index contributed by atoms with van der Waals surface area (Å²) >= 11 is 0. The van der Waals surface area contributed by atoms with Crippen LogP contribution in [0.25, 0.3) is 0 Å². The van der Waals surface area contributed by atoms with Gasteiger partial charge in [-0.1, -0.05) is 0 Å². The predicted octanol–water partition coefficient (Wildman–Crippen LogP) is -0.109. The Labute approximate surface area is 41.9 Å². The molecular formula is C3H9NO3. The van der Waals surface area contributed by atoms with Gasteiger partial charge >= 0.3 is 0 Å². The summed E-state index contributed by atoms with van der Waals surface area (Å²) in [6.45, 7) is 1.53. The summed E-state index contributed by atoms with van der Waals surface area (Å²) in [5.74, 6) is 0. The van der Waals surface area contributed by atoms with Gasteiger partial charge in [0.25, 0.3) is 0 Å². The highest BCUT2D eigenvalue weighted by Gasteiger charge is 1.76. The van der Waals surface area contributed by atoms with E-state index in [1.165, 1.54) is 6.92 Å². The van der Waals surface area contributed by atoms with E-state index < -0.39 is 0 Å². The molecule has 0 bridgehead atoms. The summed E-state index contributed by atoms with van der Waals surface area (Å²) in [7, 11) is 1.00. The highest BCUT2D eigenvalue weighted by atomic mass is 16.6. The lowest BCUT2D eigenvalue weighted by Crippen LogP contribution is -1.92. The Morgan fingerprint density at radius 3 is 1.86 bits per heavy atom. The first-order chi connectivity index (χ1) is 3.27. The molecule has 1 N–H and O–H groups in total. The van der Waals surface area contributed by atoms with Gasteiger partial charge in [0.1, 0.15) is 0 Å². The SMILES string of the molecule is CC[N+](=O)[O-].CO. The summed E-state index contributed by atoms with van der Waals surface area (Å²) in [6, 6.07) is 0. The van der Waals surface area contributed by atoms with Crippen molar-refractivity contribution in [2.45, 2.75) is 6.92 Å². The van der Waals surface area contributed by atoms with E-state index in [-0.39, 0.29) is 11.5 Å². The molecule has 0 aromatic rings. The van der Waals surface area contributed by atoms with Crippen molar-refractivity contribution in [2.24, 2.45) is 0 Å². The molecule has 0 rings (SSSR count). The smallest absolute Gasteiger partial charge is 0.201 e. The molecule has 0 aliphatic carbocycles. The molecule has 0 aliphatic rings. The maximum atomic E-state index is 9.17. The number of hydrogen-bond acceptors (Lipinski definition) is 3. The van der Waals surface area contributed by atoms with Crippen molar-refractivity contribution in [1.29, 1.82) is 0 Å². The summed E-state index contributed by atoms with van der Waals surface area (Å²) in [6.07, 6.45) is 0. The van der Waals surface area contributed by atoms with E-state index in [1.807, 2.05) is 0 Å². The second kappa shape index (κ2) is 9.03. The van der Waals surface area contributed by atoms with Crippen molar-refractivity contribution in [2.75, 3.05) is 13.7 Å². The lowest BCUT2D eigenvalue weighted by Gasteiger charge is -1.73. The monoisotopic (exact) mass is 107 g/mol. The maximum absolute atomic E-state index is 9.17. The van der Waals surface area contributed by atoms with Crippen molar-refractivity contribution in [3.05, 3.63) is 10.1 Å². The van der Waals surface area contributed by atoms with E-state index in [1.54, 1.807) is 0 Å². The van der Waals surface area contributed by atoms with Crippen LogP contribution in [0, 0.1) is 10.1 Å². The van der Waals surface area contributed by atoms with E-state index in [4.69, 9.17) is 5.11 Å². The van der Waals surface area contributed by atoms with Crippen molar-refractivity contribution in [3.8, 4) is 0 Å². The first kappa shape index (κ1) is 9.61. The maximum Gasteiger partial charge on any atom is 0.201 e. The fourth-order valence-corrected chi connectivity index (χ4v) is 0. The Morgan fingerprint density at radius 2 is 1.86 bits per heavy atom. The molecule has 0 saturated heterocycles. The number of aliphatic hydroxyl groups is 1. The van der Waals surface area contributed by atoms with Gasteiger partial charge in [-0.3, -0.25) is 10.1 Å². The van der Waals surface area contributed by atoms with Crippen molar-refractivity contribution in [3.63, 3.8) is 0 Å². The third-order valence-electron chi connectivity index (χ3n) is 0.258. The highest BCUT2D eigenvalue weighted by Crippen LogP contribution is 1.57. The first-order valence-electron chi connectivity index (χ1n) is 1.84. The van der Waals surface area contributed by atoms with Crippen LogP contribution in [0.2, 0.25) is 0 Å². The van der Waals surface area contributed by atoms with Gasteiger partial charge < -0.3 is 5.11 Å². The van der Waals surface area contributed by atoms with Crippen molar-refractivity contribution in [1.82, 2.24) is 0 Å². The van der Waals surface area contributed by atoms with Crippen LogP contribution in [0.1, 0.15) is 6.92 Å². The van der Waals surface area contributed by atoms with Gasteiger partial charge in [-0.15, -0.1) is 0 Å². The van der Waals surface area contributed by atoms with Crippen molar-refractivity contribution >= 4 is 0 Å². The molecule has 4 nitrogen and oxygen atoms in total. The minimum atomic E-state index is -0.375. The minimum absolute atomic E-state index is 0.0278. The Hall–Kier alpha value is -0.640. The number of rotatable bonds is 1. The van der Waals surface area contributed by atoms with Gasteiger partial charge in [-0.25, -0.2) is 0 Å². The quantitative estimate of drug-likeness (QED) is 0.375. The molecule has 0 radical (unpaired) electrons. The van der Waals surface area contributed by atoms with Gasteiger partial charge in [0.15, 0.2) is 0 Å². The summed E-state index contributed by atoms with van der Waals surface area (Å²) in [5, 5.41) is 16.2. The van der Waals surface area contributed by atoms with Crippen molar-refractivity contribution < 1.29 is 10.0 Å². The van der Waals surface area contributed by atoms with E-state index >= 15 is 0 Å². The molecule has 0 aliphatic heterocycles. The Bertz CT molecular complexity index is 45.4. The topological polar surface area (TPSA) is 63.4 Å². The lowest BCUT2D eigenvalue weighted by molar-refractivity contribution is -0.475. The highest BCUT2D eigenvalue weighted by molar-refractivity contribution is 4.04. The second-order valence-corrected chi connectivity index (χ2v) is 0.649. The normalized spacial score (nSPS) is 6.14. The molecule has 4 heteroatoms. The molecule has 0 amide bonds. The Morgan fingerprint density at radius 1 is 1.71 bits per heavy atom. The fourth-order valence-electron chi connectivity index (χ4n) is 0. The molecule has 0 aromatic heterocycles. The van der Waals surface area contributed by atoms with Crippen LogP contribution >= 0.6 is 0 Å². The molecule has 0 unspecified atom stereocenters. The number of nitro groups is 1. The van der Waals surface area contributed by atoms with Crippen LogP contribution in [-0.2, 0) is 0 Å². The van der Waals surface area contributed by atoms with Crippen LogP contribution < -0.4 is 0 Å². The molecule has 0 aromatic carbocycles. The first-order valence-corrected chi connectivity index (χ1v) is 1.84. The zero-order valence-electron chi connectivity index (χ0n) is 4.42. The summed E-state index contributed by atoms with van der Waals surface area (Å²) in [4.78, 5) is 8.80. The molecule has 0 fully saturated rings. The average molecular weight is 107 g/mol. The number of aliphatic hydroxyl groups excluding tert-OH is 1. The van der Waals surface area contributed by atoms with Gasteiger partial charge in [-0.2, -0.15) is 0 Å². The number of hydrogen-bond donors (Lipinski definition) is 1. The van der Waals surface area contributed by atoms with E-state index in [2.05, 4.69) is 0 Å². The Balaban J connectivity index is 0. The molecule has 0 atom stereocenters. The van der Waals surface area contributed by atoms with Crippen LogP contribution in [0.15, 0.2) is 0 Å². The summed E-state index contributed by atoms with van der Waals surface area (Å²) < 4.78 is 0. The van der Waals surface area contributed by atoms with Crippen LogP contribution in [-0.4, -0.2) is 23.7 Å². The van der Waals surface area contributed by atoms with E-state index in [0.29, 0.717) is 0 Å². The molecule has 0 heterocycles. The van der Waals surface area contributed by atoms with Gasteiger partial charge in [-0.05, 0) is 0 Å². The van der Waals surface area contributed by atoms with Crippen LogP contribution in [0.5, 0.6) is 0 Å². The number of nitrogens with zero attached hydrogens (tertiary/aromatic N) is 1. The molecular weight excluding hydrogens is 98.0 g/mol. The van der Waals surface area contributed by atoms with E-state index in [9.17, 15) is 10.1 Å². The zero-order chi connectivity index (χ0) is 6.28. The second-order valence-electron chi connectivity index (χ2n) is 0.649. The minimum Gasteiger partial charge on any atom is -0.400 e. The van der Waals surface area contributed by atoms with Crippen LogP contribution in [0.3, 0.4) is 0 Å². The van der Waals surface area contributed by atoms with Gasteiger partial charge in [0, 0.05) is 19.0 Å². The lowest BCUT2D eigenvalue weighted by atomic mass is 10.8. The summed E-state index contributed by atoms with van der Waals surface area (Å²) in [5.41, 5.74) is 0. The third kappa shape index (κ3) is 32.7. The zero-order valence-corrected chi connectivity index (χ0v) is 4.42. The molecule has 0 spiro atoms. The molecule has 7 heavy (non-hydrogen) atoms. The van der Waals surface area contributed by atoms with Gasteiger partial charge in [0.2, 0.25) is 6.54 Å². The Kier molecular flexibility index (Phi) is 12.4. The largest absolute Gasteiger partial charge is 0.400 e. The predicted molar refractivity (Wildman–Crippen MR) is 25.7 cm³/mol. The molecule has 44 valence electrons. The van der Waals surface area contributed by atoms with Gasteiger partial charge in [0.05, 0.1) is 0 Å². The standard InChI is InChI=1S/C2H5NO2.CH4O/c1-2-3(4)5;1-2/h2H2,1H3;2H,1H3. The fraction of sp³-hybridized carbons (Fsp3) is 1.00.